The van der Waals surface area contributed by atoms with Crippen LogP contribution in [0.2, 0.25) is 0 Å². The topological polar surface area (TPSA) is 54.0 Å². The molecule has 2 aromatic heterocycles. The number of fused-ring (bicyclic) bond motifs is 1. The molecule has 0 fully saturated rings. The summed E-state index contributed by atoms with van der Waals surface area (Å²) in [5.41, 5.74) is 5.86. The number of anilines is 1. The van der Waals surface area contributed by atoms with Gasteiger partial charge in [-0.3, -0.25) is 0 Å². The summed E-state index contributed by atoms with van der Waals surface area (Å²) in [6.45, 7) is 1.85. The summed E-state index contributed by atoms with van der Waals surface area (Å²) in [7, 11) is 1.66. The van der Waals surface area contributed by atoms with Gasteiger partial charge in [-0.1, -0.05) is 12.1 Å². The third-order valence-corrected chi connectivity index (χ3v) is 4.26. The van der Waals surface area contributed by atoms with E-state index in [-0.39, 0.29) is 0 Å². The number of aromatic nitrogens is 3. The molecule has 0 amide bonds. The van der Waals surface area contributed by atoms with Gasteiger partial charge in [-0.25, -0.2) is 9.97 Å². The molecule has 23 heavy (non-hydrogen) atoms. The molecule has 0 atom stereocenters. The summed E-state index contributed by atoms with van der Waals surface area (Å²) >= 11 is 0. The highest BCUT2D eigenvalue weighted by atomic mass is 16.5. The number of nitrogens with one attached hydrogen (secondary N) is 1. The van der Waals surface area contributed by atoms with Gasteiger partial charge >= 0.3 is 0 Å². The first kappa shape index (κ1) is 13.8. The van der Waals surface area contributed by atoms with E-state index in [0.717, 1.165) is 36.3 Å². The van der Waals surface area contributed by atoms with Gasteiger partial charge < -0.3 is 14.6 Å². The second-order valence-electron chi connectivity index (χ2n) is 5.64. The Balaban J connectivity index is 1.70. The van der Waals surface area contributed by atoms with Gasteiger partial charge in [0, 0.05) is 30.2 Å². The van der Waals surface area contributed by atoms with E-state index in [1.54, 1.807) is 19.6 Å². The summed E-state index contributed by atoms with van der Waals surface area (Å²) in [6.07, 6.45) is 6.50. The maximum Gasteiger partial charge on any atom is 0.221 e. The summed E-state index contributed by atoms with van der Waals surface area (Å²) in [5, 5.41) is 0. The number of methoxy groups -OCH3 is 1. The fourth-order valence-electron chi connectivity index (χ4n) is 3.12. The second kappa shape index (κ2) is 5.76. The molecule has 1 aromatic carbocycles. The van der Waals surface area contributed by atoms with E-state index in [9.17, 15) is 0 Å². The van der Waals surface area contributed by atoms with Crippen LogP contribution in [0.3, 0.4) is 0 Å². The van der Waals surface area contributed by atoms with Gasteiger partial charge in [-0.05, 0) is 35.7 Å². The van der Waals surface area contributed by atoms with Gasteiger partial charge in [0.1, 0.15) is 0 Å². The van der Waals surface area contributed by atoms with E-state index >= 15 is 0 Å². The van der Waals surface area contributed by atoms with Crippen molar-refractivity contribution in [2.45, 2.75) is 13.0 Å². The molecule has 0 saturated heterocycles. The smallest absolute Gasteiger partial charge is 0.221 e. The first-order chi connectivity index (χ1) is 11.3. The van der Waals surface area contributed by atoms with Crippen molar-refractivity contribution in [2.75, 3.05) is 18.6 Å². The molecule has 1 aliphatic rings. The van der Waals surface area contributed by atoms with E-state index in [1.165, 1.54) is 11.3 Å². The van der Waals surface area contributed by atoms with Gasteiger partial charge in [-0.15, -0.1) is 0 Å². The largest absolute Gasteiger partial charge is 0.481 e. The average Bonchev–Trinajstić information content (AvgIpc) is 3.25. The molecule has 5 heteroatoms. The zero-order chi connectivity index (χ0) is 15.6. The van der Waals surface area contributed by atoms with Gasteiger partial charge in [0.15, 0.2) is 0 Å². The van der Waals surface area contributed by atoms with E-state index in [4.69, 9.17) is 4.74 Å². The maximum atomic E-state index is 5.39. The Morgan fingerprint density at radius 1 is 1.26 bits per heavy atom. The van der Waals surface area contributed by atoms with Crippen molar-refractivity contribution < 1.29 is 4.74 Å². The third kappa shape index (κ3) is 2.54. The minimum atomic E-state index is 0.657. The number of benzene rings is 1. The molecule has 0 radical (unpaired) electrons. The highest BCUT2D eigenvalue weighted by Gasteiger charge is 2.21. The standard InChI is InChI=1S/C18H18N4O/c1-23-18-16(3-2-7-20-18)14-5-4-13-6-8-22(17(13)9-14)11-15-10-19-12-21-15/h2-5,7,9-10,12H,6,8,11H2,1H3,(H,19,21). The van der Waals surface area contributed by atoms with Gasteiger partial charge in [-0.2, -0.15) is 0 Å². The number of ether oxygens (including phenoxy) is 1. The monoisotopic (exact) mass is 306 g/mol. The van der Waals surface area contributed by atoms with Crippen LogP contribution in [0.5, 0.6) is 5.88 Å². The number of aromatic amines is 1. The molecule has 5 nitrogen and oxygen atoms in total. The second-order valence-corrected chi connectivity index (χ2v) is 5.64. The van der Waals surface area contributed by atoms with Crippen molar-refractivity contribution in [3.05, 3.63) is 60.3 Å². The number of imidazole rings is 1. The Labute approximate surface area is 135 Å². The molecule has 1 aliphatic heterocycles. The van der Waals surface area contributed by atoms with Crippen molar-refractivity contribution in [3.8, 4) is 17.0 Å². The van der Waals surface area contributed by atoms with Crippen LogP contribution in [0, 0.1) is 0 Å². The van der Waals surface area contributed by atoms with Crippen molar-refractivity contribution in [3.63, 3.8) is 0 Å². The molecule has 0 unspecified atom stereocenters. The van der Waals surface area contributed by atoms with E-state index in [1.807, 2.05) is 18.3 Å². The predicted octanol–water partition coefficient (Wildman–Crippen LogP) is 3.04. The number of pyridine rings is 1. The summed E-state index contributed by atoms with van der Waals surface area (Å²) in [4.78, 5) is 14.0. The Morgan fingerprint density at radius 2 is 2.22 bits per heavy atom. The highest BCUT2D eigenvalue weighted by molar-refractivity contribution is 5.75. The van der Waals surface area contributed by atoms with Crippen LogP contribution in [-0.4, -0.2) is 28.6 Å². The lowest BCUT2D eigenvalue weighted by Crippen LogP contribution is -2.19. The first-order valence-corrected chi connectivity index (χ1v) is 7.70. The first-order valence-electron chi connectivity index (χ1n) is 7.70. The highest BCUT2D eigenvalue weighted by Crippen LogP contribution is 2.35. The summed E-state index contributed by atoms with van der Waals surface area (Å²) < 4.78 is 5.39. The van der Waals surface area contributed by atoms with Crippen LogP contribution in [0.1, 0.15) is 11.3 Å². The lowest BCUT2D eigenvalue weighted by molar-refractivity contribution is 0.399. The number of hydrogen-bond acceptors (Lipinski definition) is 4. The Bertz CT molecular complexity index is 814. The molecule has 1 N–H and O–H groups in total. The fraction of sp³-hybridized carbons (Fsp3) is 0.222. The summed E-state index contributed by atoms with van der Waals surface area (Å²) in [5.74, 6) is 0.657. The zero-order valence-electron chi connectivity index (χ0n) is 13.0. The van der Waals surface area contributed by atoms with Crippen LogP contribution in [0.25, 0.3) is 11.1 Å². The number of nitrogens with zero attached hydrogens (tertiary/aromatic N) is 3. The molecular formula is C18H18N4O. The van der Waals surface area contributed by atoms with Crippen LogP contribution < -0.4 is 9.64 Å². The van der Waals surface area contributed by atoms with Crippen molar-refractivity contribution in [1.29, 1.82) is 0 Å². The SMILES string of the molecule is COc1ncccc1-c1ccc2c(c1)N(Cc1c[nH]cn1)CC2. The van der Waals surface area contributed by atoms with Crippen molar-refractivity contribution >= 4 is 5.69 Å². The molecule has 0 spiro atoms. The Kier molecular flexibility index (Phi) is 3.46. The zero-order valence-corrected chi connectivity index (χ0v) is 13.0. The van der Waals surface area contributed by atoms with E-state index in [0.29, 0.717) is 5.88 Å². The van der Waals surface area contributed by atoms with Gasteiger partial charge in [0.25, 0.3) is 0 Å². The van der Waals surface area contributed by atoms with E-state index in [2.05, 4.69) is 38.1 Å². The predicted molar refractivity (Wildman–Crippen MR) is 89.6 cm³/mol. The van der Waals surface area contributed by atoms with Crippen LogP contribution in [0.4, 0.5) is 5.69 Å². The number of H-pyrrole nitrogens is 1. The normalized spacial score (nSPS) is 13.2. The lowest BCUT2D eigenvalue weighted by Gasteiger charge is -2.19. The minimum Gasteiger partial charge on any atom is -0.481 e. The maximum absolute atomic E-state index is 5.39. The fourth-order valence-corrected chi connectivity index (χ4v) is 3.12. The minimum absolute atomic E-state index is 0.657. The molecule has 3 aromatic rings. The molecule has 4 rings (SSSR count). The average molecular weight is 306 g/mol. The molecular weight excluding hydrogens is 288 g/mol. The molecule has 116 valence electrons. The molecule has 3 heterocycles. The quantitative estimate of drug-likeness (QED) is 0.805. The molecule has 0 aliphatic carbocycles. The molecule has 0 bridgehead atoms. The van der Waals surface area contributed by atoms with Gasteiger partial charge in [0.05, 0.1) is 25.7 Å². The van der Waals surface area contributed by atoms with Gasteiger partial charge in [0.2, 0.25) is 5.88 Å². The lowest BCUT2D eigenvalue weighted by atomic mass is 10.0. The Morgan fingerprint density at radius 3 is 3.04 bits per heavy atom. The number of rotatable bonds is 4. The number of hydrogen-bond donors (Lipinski definition) is 1. The third-order valence-electron chi connectivity index (χ3n) is 4.26. The molecule has 0 saturated carbocycles. The van der Waals surface area contributed by atoms with Crippen molar-refractivity contribution in [1.82, 2.24) is 15.0 Å². The van der Waals surface area contributed by atoms with Crippen LogP contribution >= 0.6 is 0 Å². The van der Waals surface area contributed by atoms with Crippen LogP contribution in [0.15, 0.2) is 49.1 Å². The summed E-state index contributed by atoms with van der Waals surface area (Å²) in [6, 6.07) is 10.6. The van der Waals surface area contributed by atoms with Crippen LogP contribution in [-0.2, 0) is 13.0 Å². The van der Waals surface area contributed by atoms with Crippen molar-refractivity contribution in [2.24, 2.45) is 0 Å². The Hall–Kier alpha value is -2.82. The van der Waals surface area contributed by atoms with E-state index < -0.39 is 0 Å².